The molecule has 0 aliphatic heterocycles. The molecule has 2 aliphatic rings. The van der Waals surface area contributed by atoms with Crippen molar-refractivity contribution in [2.75, 3.05) is 0 Å². The van der Waals surface area contributed by atoms with Crippen LogP contribution >= 0.6 is 0 Å². The van der Waals surface area contributed by atoms with Crippen LogP contribution in [0.15, 0.2) is 139 Å². The zero-order chi connectivity index (χ0) is 32.9. The first-order valence-electron chi connectivity index (χ1n) is 16.7. The van der Waals surface area contributed by atoms with Gasteiger partial charge in [0.05, 0.1) is 40.1 Å². The summed E-state index contributed by atoms with van der Waals surface area (Å²) in [7, 11) is 0. The third kappa shape index (κ3) is 4.66. The Kier molecular flexibility index (Phi) is 6.75. The van der Waals surface area contributed by atoms with Crippen LogP contribution < -0.4 is 0 Å². The Balaban J connectivity index is 1.21. The van der Waals surface area contributed by atoms with E-state index in [1.165, 1.54) is 27.6 Å². The van der Waals surface area contributed by atoms with Crippen molar-refractivity contribution in [1.29, 1.82) is 10.5 Å². The van der Waals surface area contributed by atoms with E-state index in [0.29, 0.717) is 5.56 Å². The molecule has 5 aromatic carbocycles. The van der Waals surface area contributed by atoms with Gasteiger partial charge < -0.3 is 9.13 Å². The third-order valence-electron chi connectivity index (χ3n) is 9.91. The van der Waals surface area contributed by atoms with Crippen LogP contribution in [0, 0.1) is 22.7 Å². The lowest BCUT2D eigenvalue weighted by molar-refractivity contribution is 0.940. The fourth-order valence-corrected chi connectivity index (χ4v) is 7.75. The van der Waals surface area contributed by atoms with Crippen LogP contribution in [0.1, 0.15) is 34.5 Å². The molecule has 0 saturated heterocycles. The van der Waals surface area contributed by atoms with Crippen molar-refractivity contribution in [3.05, 3.63) is 167 Å². The minimum absolute atomic E-state index is 0.620. The molecule has 9 rings (SSSR count). The number of nitrogens with zero attached hydrogens (tertiary/aromatic N) is 4. The fraction of sp³-hybridized carbons (Fsp3) is 0.0667. The second kappa shape index (κ2) is 11.6. The average molecular weight is 627 g/mol. The quantitative estimate of drug-likeness (QED) is 0.195. The summed E-state index contributed by atoms with van der Waals surface area (Å²) in [5.74, 6) is 0. The maximum Gasteiger partial charge on any atom is 0.0992 e. The van der Waals surface area contributed by atoms with Gasteiger partial charge in [0.15, 0.2) is 0 Å². The van der Waals surface area contributed by atoms with E-state index in [1.54, 1.807) is 0 Å². The number of fused-ring (bicyclic) bond motifs is 6. The van der Waals surface area contributed by atoms with Crippen LogP contribution in [0.25, 0.3) is 67.6 Å². The zero-order valence-corrected chi connectivity index (χ0v) is 26.8. The molecule has 0 radical (unpaired) electrons. The lowest BCUT2D eigenvalue weighted by Gasteiger charge is -2.18. The molecule has 2 heterocycles. The smallest absolute Gasteiger partial charge is 0.0992 e. The first-order valence-corrected chi connectivity index (χ1v) is 16.7. The molecule has 0 spiro atoms. The van der Waals surface area contributed by atoms with Gasteiger partial charge in [0, 0.05) is 45.3 Å². The second-order valence-corrected chi connectivity index (χ2v) is 12.7. The number of aromatic nitrogens is 2. The van der Waals surface area contributed by atoms with Gasteiger partial charge in [0.1, 0.15) is 0 Å². The van der Waals surface area contributed by atoms with Gasteiger partial charge in [-0.25, -0.2) is 0 Å². The molecule has 0 N–H and O–H groups in total. The highest BCUT2D eigenvalue weighted by Gasteiger charge is 2.23. The van der Waals surface area contributed by atoms with Gasteiger partial charge in [-0.1, -0.05) is 97.1 Å². The molecule has 4 nitrogen and oxygen atoms in total. The summed E-state index contributed by atoms with van der Waals surface area (Å²) in [6.45, 7) is 0. The third-order valence-corrected chi connectivity index (χ3v) is 9.91. The molecule has 4 heteroatoms. The molecule has 0 unspecified atom stereocenters. The number of hydrogen-bond acceptors (Lipinski definition) is 2. The van der Waals surface area contributed by atoms with E-state index >= 15 is 0 Å². The summed E-state index contributed by atoms with van der Waals surface area (Å²) >= 11 is 0. The van der Waals surface area contributed by atoms with Gasteiger partial charge in [-0.2, -0.15) is 10.5 Å². The fourth-order valence-electron chi connectivity index (χ4n) is 7.75. The molecular weight excluding hydrogens is 597 g/mol. The Morgan fingerprint density at radius 1 is 0.612 bits per heavy atom. The Morgan fingerprint density at radius 2 is 1.39 bits per heavy atom. The van der Waals surface area contributed by atoms with Crippen molar-refractivity contribution < 1.29 is 0 Å². The largest absolute Gasteiger partial charge is 0.313 e. The summed E-state index contributed by atoms with van der Waals surface area (Å²) < 4.78 is 4.64. The Bertz CT molecular complexity index is 2660. The lowest BCUT2D eigenvalue weighted by Crippen LogP contribution is -2.04. The summed E-state index contributed by atoms with van der Waals surface area (Å²) in [4.78, 5) is 0. The number of allylic oxidation sites excluding steroid dienone is 4. The maximum atomic E-state index is 10.2. The van der Waals surface area contributed by atoms with Crippen molar-refractivity contribution >= 4 is 34.0 Å². The maximum absolute atomic E-state index is 10.2. The van der Waals surface area contributed by atoms with Crippen LogP contribution in [0.5, 0.6) is 0 Å². The Morgan fingerprint density at radius 3 is 2.24 bits per heavy atom. The number of rotatable bonds is 4. The highest BCUT2D eigenvalue weighted by Crippen LogP contribution is 2.40. The van der Waals surface area contributed by atoms with Crippen LogP contribution in [0.4, 0.5) is 0 Å². The lowest BCUT2D eigenvalue weighted by atomic mass is 9.95. The van der Waals surface area contributed by atoms with E-state index in [0.717, 1.165) is 75.2 Å². The van der Waals surface area contributed by atoms with Gasteiger partial charge in [-0.05, 0) is 83.6 Å². The number of para-hydroxylation sites is 3. The van der Waals surface area contributed by atoms with Crippen LogP contribution in [-0.4, -0.2) is 9.13 Å². The van der Waals surface area contributed by atoms with Gasteiger partial charge >= 0.3 is 0 Å². The highest BCUT2D eigenvalue weighted by atomic mass is 15.0. The summed E-state index contributed by atoms with van der Waals surface area (Å²) in [5, 5.41) is 22.5. The van der Waals surface area contributed by atoms with E-state index < -0.39 is 0 Å². The second-order valence-electron chi connectivity index (χ2n) is 12.7. The topological polar surface area (TPSA) is 57.4 Å². The van der Waals surface area contributed by atoms with Crippen molar-refractivity contribution in [3.8, 4) is 45.8 Å². The molecule has 0 atom stereocenters. The first kappa shape index (κ1) is 28.6. The average Bonchev–Trinajstić information content (AvgIpc) is 3.54. The van der Waals surface area contributed by atoms with Crippen molar-refractivity contribution in [2.45, 2.75) is 19.3 Å². The number of benzene rings is 5. The monoisotopic (exact) mass is 626 g/mol. The number of aryl methyl sites for hydroxylation is 1. The van der Waals surface area contributed by atoms with Gasteiger partial charge in [-0.15, -0.1) is 0 Å². The first-order chi connectivity index (χ1) is 24.2. The molecule has 49 heavy (non-hydrogen) atoms. The van der Waals surface area contributed by atoms with E-state index in [1.807, 2.05) is 12.1 Å². The van der Waals surface area contributed by atoms with Crippen molar-refractivity contribution in [2.24, 2.45) is 0 Å². The molecule has 0 bridgehead atoms. The van der Waals surface area contributed by atoms with Gasteiger partial charge in [-0.3, -0.25) is 0 Å². The minimum atomic E-state index is 0.620. The van der Waals surface area contributed by atoms with E-state index in [2.05, 4.69) is 155 Å². The molecule has 0 saturated carbocycles. The van der Waals surface area contributed by atoms with E-state index in [4.69, 9.17) is 0 Å². The Labute approximate surface area is 285 Å². The SMILES string of the molecule is N#CC1=Cc2c(c3ccccc3n2-c2ccccc2-c2cccc(-c3cc(C#N)cc(-n4c5c(c6ccccc64)C=CC=CC5)c3)c2)CC1. The van der Waals surface area contributed by atoms with Crippen LogP contribution in [0.2, 0.25) is 0 Å². The number of nitriles is 2. The van der Waals surface area contributed by atoms with E-state index in [-0.39, 0.29) is 0 Å². The predicted molar refractivity (Wildman–Crippen MR) is 199 cm³/mol. The minimum Gasteiger partial charge on any atom is -0.313 e. The van der Waals surface area contributed by atoms with Gasteiger partial charge in [0.2, 0.25) is 0 Å². The standard InChI is InChI=1S/C45H30N4/c46-28-30-21-22-40-39-16-6-9-20-44(39)49(45(40)25-30)41-18-7-4-13-36(41)33-12-10-11-32(26-33)34-23-31(29-47)24-35(27-34)48-42-17-3-1-2-14-37(42)38-15-5-8-19-43(38)48/h1-16,18-20,23-27H,17,21-22H2. The predicted octanol–water partition coefficient (Wildman–Crippen LogP) is 10.8. The number of hydrogen-bond donors (Lipinski definition) is 0. The molecule has 7 aromatic rings. The summed E-state index contributed by atoms with van der Waals surface area (Å²) in [6, 6.07) is 45.2. The molecular formula is C45H30N4. The van der Waals surface area contributed by atoms with Crippen LogP contribution in [-0.2, 0) is 12.8 Å². The molecule has 0 fully saturated rings. The summed E-state index contributed by atoms with van der Waals surface area (Å²) in [6.07, 6.45) is 13.1. The molecule has 0 amide bonds. The van der Waals surface area contributed by atoms with Gasteiger partial charge in [0.25, 0.3) is 0 Å². The molecule has 230 valence electrons. The Hall–Kier alpha value is -6.62. The van der Waals surface area contributed by atoms with Crippen LogP contribution in [0.3, 0.4) is 0 Å². The molecule has 2 aromatic heterocycles. The normalized spacial score (nSPS) is 13.4. The van der Waals surface area contributed by atoms with E-state index in [9.17, 15) is 10.5 Å². The van der Waals surface area contributed by atoms with Crippen molar-refractivity contribution in [1.82, 2.24) is 9.13 Å². The highest BCUT2D eigenvalue weighted by molar-refractivity contribution is 5.95. The summed E-state index contributed by atoms with van der Waals surface area (Å²) in [5.41, 5.74) is 14.8. The molecule has 2 aliphatic carbocycles. The van der Waals surface area contributed by atoms with Crippen molar-refractivity contribution in [3.63, 3.8) is 0 Å². The zero-order valence-electron chi connectivity index (χ0n) is 26.8.